The normalized spacial score (nSPS) is 9.95. The van der Waals surface area contributed by atoms with Crippen molar-refractivity contribution in [2.45, 2.75) is 0 Å². The molecule has 0 saturated heterocycles. The van der Waals surface area contributed by atoms with Gasteiger partial charge in [-0.1, -0.05) is 18.2 Å². The van der Waals surface area contributed by atoms with Crippen molar-refractivity contribution in [3.05, 3.63) is 54.3 Å². The van der Waals surface area contributed by atoms with Crippen LogP contribution in [0.4, 0.5) is 15.8 Å². The minimum atomic E-state index is -0.446. The molecule has 2 rings (SSSR count). The Morgan fingerprint density at radius 3 is 2.63 bits per heavy atom. The molecule has 2 aromatic rings. The molecule has 4 nitrogen and oxygen atoms in total. The topological polar surface area (TPSA) is 64.3 Å². The lowest BCUT2D eigenvalue weighted by Crippen LogP contribution is -2.20. The molecule has 0 radical (unpaired) electrons. The number of carbonyl (C=O) groups is 1. The third-order valence-electron chi connectivity index (χ3n) is 2.39. The van der Waals surface area contributed by atoms with E-state index >= 15 is 0 Å². The lowest BCUT2D eigenvalue weighted by Gasteiger charge is -2.09. The Hall–Kier alpha value is -2.56. The second-order valence-corrected chi connectivity index (χ2v) is 3.89. The first-order valence-corrected chi connectivity index (χ1v) is 5.68. The molecule has 0 aromatic heterocycles. The summed E-state index contributed by atoms with van der Waals surface area (Å²) < 4.78 is 18.0. The molecule has 2 aromatic carbocycles. The number of nitrogens with two attached hydrogens (primary N) is 1. The Labute approximate surface area is 110 Å². The van der Waals surface area contributed by atoms with Gasteiger partial charge in [0.1, 0.15) is 11.6 Å². The number of rotatable bonds is 4. The summed E-state index contributed by atoms with van der Waals surface area (Å²) in [5, 5.41) is 2.66. The van der Waals surface area contributed by atoms with E-state index in [4.69, 9.17) is 10.5 Å². The Bertz CT molecular complexity index is 573. The van der Waals surface area contributed by atoms with Gasteiger partial charge in [-0.2, -0.15) is 0 Å². The van der Waals surface area contributed by atoms with Crippen LogP contribution in [0.1, 0.15) is 0 Å². The number of ether oxygens (including phenoxy) is 1. The molecule has 0 aliphatic heterocycles. The van der Waals surface area contributed by atoms with Crippen LogP contribution in [0, 0.1) is 5.82 Å². The van der Waals surface area contributed by atoms with Crippen molar-refractivity contribution >= 4 is 17.3 Å². The Kier molecular flexibility index (Phi) is 3.97. The number of anilines is 2. The molecule has 0 bridgehead atoms. The summed E-state index contributed by atoms with van der Waals surface area (Å²) in [5.74, 6) is -0.474. The average molecular weight is 260 g/mol. The molecule has 0 unspecified atom stereocenters. The van der Waals surface area contributed by atoms with Crippen LogP contribution in [-0.2, 0) is 4.79 Å². The number of hydrogen-bond acceptors (Lipinski definition) is 3. The zero-order chi connectivity index (χ0) is 13.7. The van der Waals surface area contributed by atoms with Gasteiger partial charge in [0.25, 0.3) is 5.91 Å². The molecular formula is C14H13FN2O2. The third-order valence-corrected chi connectivity index (χ3v) is 2.39. The maximum absolute atomic E-state index is 12.8. The molecule has 0 aliphatic carbocycles. The summed E-state index contributed by atoms with van der Waals surface area (Å²) >= 11 is 0. The van der Waals surface area contributed by atoms with Crippen molar-refractivity contribution in [1.82, 2.24) is 0 Å². The van der Waals surface area contributed by atoms with Crippen LogP contribution in [-0.4, -0.2) is 12.5 Å². The third kappa shape index (κ3) is 3.70. The summed E-state index contributed by atoms with van der Waals surface area (Å²) in [6.45, 7) is -0.190. The fraction of sp³-hybridized carbons (Fsp3) is 0.0714. The second-order valence-electron chi connectivity index (χ2n) is 3.89. The zero-order valence-electron chi connectivity index (χ0n) is 10.1. The molecule has 19 heavy (non-hydrogen) atoms. The first kappa shape index (κ1) is 12.9. The van der Waals surface area contributed by atoms with Gasteiger partial charge >= 0.3 is 0 Å². The molecule has 98 valence electrons. The first-order chi connectivity index (χ1) is 9.15. The van der Waals surface area contributed by atoms with E-state index in [9.17, 15) is 9.18 Å². The van der Waals surface area contributed by atoms with Crippen molar-refractivity contribution in [2.24, 2.45) is 0 Å². The predicted molar refractivity (Wildman–Crippen MR) is 71.4 cm³/mol. The second kappa shape index (κ2) is 5.86. The summed E-state index contributed by atoms with van der Waals surface area (Å²) in [5.41, 5.74) is 6.41. The van der Waals surface area contributed by atoms with Crippen LogP contribution >= 0.6 is 0 Å². The summed E-state index contributed by atoms with van der Waals surface area (Å²) in [4.78, 5) is 11.6. The molecule has 0 fully saturated rings. The number of nitrogen functional groups attached to an aromatic ring is 1. The minimum Gasteiger partial charge on any atom is -0.482 e. The van der Waals surface area contributed by atoms with Crippen LogP contribution in [0.15, 0.2) is 48.5 Å². The predicted octanol–water partition coefficient (Wildman–Crippen LogP) is 2.43. The van der Waals surface area contributed by atoms with Crippen molar-refractivity contribution in [3.8, 4) is 5.75 Å². The van der Waals surface area contributed by atoms with Crippen LogP contribution in [0.3, 0.4) is 0 Å². The standard InChI is InChI=1S/C14H13FN2O2/c15-10-6-7-13(12(16)8-10)19-9-14(18)17-11-4-2-1-3-5-11/h1-8H,9,16H2,(H,17,18). The van der Waals surface area contributed by atoms with E-state index in [0.29, 0.717) is 5.69 Å². The number of amides is 1. The van der Waals surface area contributed by atoms with Crippen LogP contribution in [0.2, 0.25) is 0 Å². The molecule has 0 spiro atoms. The molecule has 1 amide bonds. The van der Waals surface area contributed by atoms with Gasteiger partial charge in [-0.25, -0.2) is 4.39 Å². The van der Waals surface area contributed by atoms with Crippen LogP contribution < -0.4 is 15.8 Å². The Morgan fingerprint density at radius 2 is 1.95 bits per heavy atom. The van der Waals surface area contributed by atoms with Gasteiger partial charge in [-0.3, -0.25) is 4.79 Å². The van der Waals surface area contributed by atoms with E-state index in [0.717, 1.165) is 6.07 Å². The number of carbonyl (C=O) groups excluding carboxylic acids is 1. The van der Waals surface area contributed by atoms with E-state index < -0.39 is 5.82 Å². The molecule has 0 aliphatic rings. The Balaban J connectivity index is 1.90. The number of para-hydroxylation sites is 1. The maximum atomic E-state index is 12.8. The highest BCUT2D eigenvalue weighted by Gasteiger charge is 2.06. The SMILES string of the molecule is Nc1cc(F)ccc1OCC(=O)Nc1ccccc1. The highest BCUT2D eigenvalue weighted by molar-refractivity contribution is 5.91. The lowest BCUT2D eigenvalue weighted by molar-refractivity contribution is -0.118. The number of halogens is 1. The van der Waals surface area contributed by atoms with Crippen molar-refractivity contribution < 1.29 is 13.9 Å². The summed E-state index contributed by atoms with van der Waals surface area (Å²) in [7, 11) is 0. The van der Waals surface area contributed by atoms with Gasteiger partial charge in [0.15, 0.2) is 6.61 Å². The van der Waals surface area contributed by atoms with Crippen LogP contribution in [0.5, 0.6) is 5.75 Å². The van der Waals surface area contributed by atoms with Gasteiger partial charge in [-0.05, 0) is 24.3 Å². The molecule has 5 heteroatoms. The zero-order valence-corrected chi connectivity index (χ0v) is 10.1. The van der Waals surface area contributed by atoms with E-state index in [1.807, 2.05) is 18.2 Å². The summed E-state index contributed by atoms with van der Waals surface area (Å²) in [6.07, 6.45) is 0. The number of nitrogens with one attached hydrogen (secondary N) is 1. The maximum Gasteiger partial charge on any atom is 0.262 e. The fourth-order valence-corrected chi connectivity index (χ4v) is 1.51. The largest absolute Gasteiger partial charge is 0.482 e. The quantitative estimate of drug-likeness (QED) is 0.830. The lowest BCUT2D eigenvalue weighted by atomic mass is 10.3. The molecular weight excluding hydrogens is 247 g/mol. The fourth-order valence-electron chi connectivity index (χ4n) is 1.51. The average Bonchev–Trinajstić information content (AvgIpc) is 2.39. The highest BCUT2D eigenvalue weighted by atomic mass is 19.1. The highest BCUT2D eigenvalue weighted by Crippen LogP contribution is 2.21. The molecule has 0 atom stereocenters. The van der Waals surface area contributed by atoms with Crippen molar-refractivity contribution in [2.75, 3.05) is 17.7 Å². The van der Waals surface area contributed by atoms with Gasteiger partial charge in [-0.15, -0.1) is 0 Å². The Morgan fingerprint density at radius 1 is 1.21 bits per heavy atom. The van der Waals surface area contributed by atoms with E-state index in [1.165, 1.54) is 12.1 Å². The molecule has 3 N–H and O–H groups in total. The van der Waals surface area contributed by atoms with Gasteiger partial charge in [0.2, 0.25) is 0 Å². The first-order valence-electron chi connectivity index (χ1n) is 5.68. The van der Waals surface area contributed by atoms with E-state index in [1.54, 1.807) is 12.1 Å². The summed E-state index contributed by atoms with van der Waals surface area (Å²) in [6, 6.07) is 12.8. The van der Waals surface area contributed by atoms with Gasteiger partial charge in [0.05, 0.1) is 5.69 Å². The minimum absolute atomic E-state index is 0.160. The van der Waals surface area contributed by atoms with E-state index in [-0.39, 0.29) is 24.0 Å². The molecule has 0 saturated carbocycles. The smallest absolute Gasteiger partial charge is 0.262 e. The van der Waals surface area contributed by atoms with Crippen molar-refractivity contribution in [3.63, 3.8) is 0 Å². The monoisotopic (exact) mass is 260 g/mol. The number of hydrogen-bond donors (Lipinski definition) is 2. The van der Waals surface area contributed by atoms with Crippen molar-refractivity contribution in [1.29, 1.82) is 0 Å². The van der Waals surface area contributed by atoms with E-state index in [2.05, 4.69) is 5.32 Å². The molecule has 0 heterocycles. The van der Waals surface area contributed by atoms with Gasteiger partial charge < -0.3 is 15.8 Å². The number of benzene rings is 2. The van der Waals surface area contributed by atoms with Crippen LogP contribution in [0.25, 0.3) is 0 Å². The van der Waals surface area contributed by atoms with Gasteiger partial charge in [0, 0.05) is 11.8 Å².